The van der Waals surface area contributed by atoms with Gasteiger partial charge in [0.25, 0.3) is 0 Å². The largest absolute Gasteiger partial charge is 0.510 e. The highest BCUT2D eigenvalue weighted by Gasteiger charge is 2.11. The summed E-state index contributed by atoms with van der Waals surface area (Å²) in [5.41, 5.74) is 0.475. The number of nitrogens with zero attached hydrogens (tertiary/aromatic N) is 1. The maximum absolute atomic E-state index is 13.3. The Labute approximate surface area is 81.6 Å². The number of anilines is 1. The quantitative estimate of drug-likeness (QED) is 0.737. The van der Waals surface area contributed by atoms with E-state index in [0.717, 1.165) is 0 Å². The molecule has 2 nitrogen and oxygen atoms in total. The molecule has 0 fully saturated rings. The first-order valence-electron chi connectivity index (χ1n) is 4.35. The topological polar surface area (TPSA) is 23.5 Å². The standard InChI is InChI=1S/C11H10FNO/c12-10-5-1-2-6-11(10)13-7-3-4-9(14)8-13/h1-7,14H,8H2. The fourth-order valence-corrected chi connectivity index (χ4v) is 1.39. The molecule has 1 aromatic rings. The Morgan fingerprint density at radius 3 is 2.79 bits per heavy atom. The van der Waals surface area contributed by atoms with Crippen LogP contribution >= 0.6 is 0 Å². The van der Waals surface area contributed by atoms with Gasteiger partial charge in [0.1, 0.15) is 11.6 Å². The Bertz CT molecular complexity index is 398. The van der Waals surface area contributed by atoms with Crippen LogP contribution in [-0.4, -0.2) is 11.7 Å². The molecule has 72 valence electrons. The average Bonchev–Trinajstić information content (AvgIpc) is 2.18. The van der Waals surface area contributed by atoms with Crippen molar-refractivity contribution in [2.75, 3.05) is 11.4 Å². The Morgan fingerprint density at radius 1 is 1.29 bits per heavy atom. The Morgan fingerprint density at radius 2 is 2.07 bits per heavy atom. The molecule has 1 N–H and O–H groups in total. The molecule has 0 bridgehead atoms. The summed E-state index contributed by atoms with van der Waals surface area (Å²) in [6.45, 7) is 0.317. The summed E-state index contributed by atoms with van der Waals surface area (Å²) in [6.07, 6.45) is 5.01. The smallest absolute Gasteiger partial charge is 0.146 e. The van der Waals surface area contributed by atoms with Gasteiger partial charge in [0, 0.05) is 6.20 Å². The van der Waals surface area contributed by atoms with Crippen molar-refractivity contribution in [1.82, 2.24) is 0 Å². The molecule has 3 heteroatoms. The minimum Gasteiger partial charge on any atom is -0.510 e. The van der Waals surface area contributed by atoms with E-state index in [9.17, 15) is 9.50 Å². The monoisotopic (exact) mass is 191 g/mol. The molecule has 0 atom stereocenters. The summed E-state index contributed by atoms with van der Waals surface area (Å²) in [7, 11) is 0. The second kappa shape index (κ2) is 3.54. The minimum absolute atomic E-state index is 0.232. The fraction of sp³-hybridized carbons (Fsp3) is 0.0909. The first kappa shape index (κ1) is 8.81. The molecule has 2 rings (SSSR count). The van der Waals surface area contributed by atoms with Crippen LogP contribution < -0.4 is 4.90 Å². The van der Waals surface area contributed by atoms with E-state index in [-0.39, 0.29) is 11.6 Å². The van der Waals surface area contributed by atoms with Gasteiger partial charge in [-0.15, -0.1) is 0 Å². The van der Waals surface area contributed by atoms with E-state index in [4.69, 9.17) is 0 Å². The number of para-hydroxylation sites is 1. The van der Waals surface area contributed by atoms with Gasteiger partial charge in [-0.2, -0.15) is 0 Å². The minimum atomic E-state index is -0.285. The van der Waals surface area contributed by atoms with Crippen LogP contribution in [0, 0.1) is 5.82 Å². The zero-order valence-electron chi connectivity index (χ0n) is 7.52. The van der Waals surface area contributed by atoms with E-state index >= 15 is 0 Å². The maximum Gasteiger partial charge on any atom is 0.146 e. The summed E-state index contributed by atoms with van der Waals surface area (Å²) >= 11 is 0. The molecule has 0 aliphatic carbocycles. The van der Waals surface area contributed by atoms with Gasteiger partial charge in [-0.3, -0.25) is 0 Å². The summed E-state index contributed by atoms with van der Waals surface area (Å²) in [5, 5.41) is 9.28. The van der Waals surface area contributed by atoms with Crippen molar-refractivity contribution in [1.29, 1.82) is 0 Å². The van der Waals surface area contributed by atoms with Gasteiger partial charge in [-0.05, 0) is 24.3 Å². The summed E-state index contributed by atoms with van der Waals surface area (Å²) in [4.78, 5) is 1.66. The summed E-state index contributed by atoms with van der Waals surface area (Å²) < 4.78 is 13.3. The van der Waals surface area contributed by atoms with Crippen LogP contribution in [0.3, 0.4) is 0 Å². The normalized spacial score (nSPS) is 15.5. The molecule has 1 heterocycles. The number of aliphatic hydroxyl groups is 1. The summed E-state index contributed by atoms with van der Waals surface area (Å²) in [5.74, 6) is -0.0531. The van der Waals surface area contributed by atoms with Crippen molar-refractivity contribution in [2.45, 2.75) is 0 Å². The zero-order valence-corrected chi connectivity index (χ0v) is 7.52. The van der Waals surface area contributed by atoms with Crippen LogP contribution in [-0.2, 0) is 0 Å². The molecule has 1 aromatic carbocycles. The van der Waals surface area contributed by atoms with E-state index in [0.29, 0.717) is 12.2 Å². The molecule has 0 saturated heterocycles. The lowest BCUT2D eigenvalue weighted by Crippen LogP contribution is -2.22. The molecule has 0 saturated carbocycles. The second-order valence-electron chi connectivity index (χ2n) is 3.08. The van der Waals surface area contributed by atoms with Crippen molar-refractivity contribution >= 4 is 5.69 Å². The van der Waals surface area contributed by atoms with Crippen molar-refractivity contribution in [2.24, 2.45) is 0 Å². The molecule has 1 aliphatic heterocycles. The predicted molar refractivity (Wildman–Crippen MR) is 53.6 cm³/mol. The third-order valence-electron chi connectivity index (χ3n) is 2.05. The number of benzene rings is 1. The van der Waals surface area contributed by atoms with Crippen LogP contribution in [0.5, 0.6) is 0 Å². The fourth-order valence-electron chi connectivity index (χ4n) is 1.39. The van der Waals surface area contributed by atoms with Gasteiger partial charge >= 0.3 is 0 Å². The van der Waals surface area contributed by atoms with Crippen LogP contribution in [0.4, 0.5) is 10.1 Å². The highest BCUT2D eigenvalue weighted by molar-refractivity contribution is 5.52. The second-order valence-corrected chi connectivity index (χ2v) is 3.08. The lowest BCUT2D eigenvalue weighted by molar-refractivity contribution is 0.400. The van der Waals surface area contributed by atoms with Gasteiger partial charge in [0.15, 0.2) is 0 Å². The van der Waals surface area contributed by atoms with Crippen molar-refractivity contribution in [3.8, 4) is 0 Å². The van der Waals surface area contributed by atoms with Crippen LogP contribution in [0.2, 0.25) is 0 Å². The van der Waals surface area contributed by atoms with E-state index < -0.39 is 0 Å². The first-order valence-corrected chi connectivity index (χ1v) is 4.35. The first-order chi connectivity index (χ1) is 6.77. The molecule has 0 spiro atoms. The number of aliphatic hydroxyl groups excluding tert-OH is 1. The number of hydrogen-bond acceptors (Lipinski definition) is 2. The van der Waals surface area contributed by atoms with E-state index in [2.05, 4.69) is 0 Å². The molecule has 0 amide bonds. The van der Waals surface area contributed by atoms with Crippen molar-refractivity contribution in [3.63, 3.8) is 0 Å². The molecule has 1 aliphatic rings. The number of hydrogen-bond donors (Lipinski definition) is 1. The number of rotatable bonds is 1. The third-order valence-corrected chi connectivity index (χ3v) is 2.05. The Balaban J connectivity index is 2.29. The lowest BCUT2D eigenvalue weighted by atomic mass is 10.2. The lowest BCUT2D eigenvalue weighted by Gasteiger charge is -2.22. The van der Waals surface area contributed by atoms with Gasteiger partial charge in [-0.25, -0.2) is 4.39 Å². The van der Waals surface area contributed by atoms with E-state index in [1.165, 1.54) is 6.07 Å². The predicted octanol–water partition coefficient (Wildman–Crippen LogP) is 2.60. The van der Waals surface area contributed by atoms with Gasteiger partial charge in [0.05, 0.1) is 12.2 Å². The van der Waals surface area contributed by atoms with Crippen molar-refractivity contribution < 1.29 is 9.50 Å². The van der Waals surface area contributed by atoms with E-state index in [1.54, 1.807) is 41.5 Å². The molecule has 14 heavy (non-hydrogen) atoms. The van der Waals surface area contributed by atoms with Crippen LogP contribution in [0.1, 0.15) is 0 Å². The Hall–Kier alpha value is -1.77. The SMILES string of the molecule is OC1=CC=CN(c2ccccc2F)C1. The number of allylic oxidation sites excluding steroid dienone is 2. The Kier molecular flexibility index (Phi) is 2.23. The molecule has 0 unspecified atom stereocenters. The van der Waals surface area contributed by atoms with Crippen LogP contribution in [0.25, 0.3) is 0 Å². The van der Waals surface area contributed by atoms with Crippen LogP contribution in [0.15, 0.2) is 48.4 Å². The number of halogens is 1. The summed E-state index contributed by atoms with van der Waals surface area (Å²) in [6, 6.07) is 6.49. The molecule has 0 aromatic heterocycles. The molecule has 0 radical (unpaired) electrons. The van der Waals surface area contributed by atoms with Gasteiger partial charge in [0.2, 0.25) is 0 Å². The van der Waals surface area contributed by atoms with E-state index in [1.807, 2.05) is 0 Å². The third kappa shape index (κ3) is 1.62. The highest BCUT2D eigenvalue weighted by Crippen LogP contribution is 2.21. The van der Waals surface area contributed by atoms with Crippen molar-refractivity contribution in [3.05, 3.63) is 54.2 Å². The molecular formula is C11H10FNO. The van der Waals surface area contributed by atoms with Gasteiger partial charge < -0.3 is 10.0 Å². The van der Waals surface area contributed by atoms with Gasteiger partial charge in [-0.1, -0.05) is 12.1 Å². The average molecular weight is 191 g/mol. The highest BCUT2D eigenvalue weighted by atomic mass is 19.1. The molecular weight excluding hydrogens is 181 g/mol. The maximum atomic E-state index is 13.3. The zero-order chi connectivity index (χ0) is 9.97.